The average Bonchev–Trinajstić information content (AvgIpc) is 2.73. The molecule has 6 nitrogen and oxygen atoms in total. The molecule has 2 rings (SSSR count). The zero-order chi connectivity index (χ0) is 15.0. The van der Waals surface area contributed by atoms with Crippen LogP contribution in [-0.4, -0.2) is 16.9 Å². The van der Waals surface area contributed by atoms with Crippen molar-refractivity contribution in [1.82, 2.24) is 0 Å². The van der Waals surface area contributed by atoms with E-state index in [0.717, 1.165) is 16.2 Å². The SMILES string of the molecule is C[N+](=O)[O-].O=[N+]([O-])C1=C(Sc2cccs2)C=CC=CC1. The van der Waals surface area contributed by atoms with Crippen LogP contribution in [0.5, 0.6) is 0 Å². The van der Waals surface area contributed by atoms with E-state index >= 15 is 0 Å². The molecule has 0 radical (unpaired) electrons. The number of hydrogen-bond acceptors (Lipinski definition) is 6. The molecule has 0 spiro atoms. The van der Waals surface area contributed by atoms with Crippen LogP contribution in [-0.2, 0) is 0 Å². The number of hydrogen-bond donors (Lipinski definition) is 0. The van der Waals surface area contributed by atoms with Gasteiger partial charge in [-0.3, -0.25) is 20.2 Å². The summed E-state index contributed by atoms with van der Waals surface area (Å²) in [7, 11) is 0.889. The maximum absolute atomic E-state index is 10.9. The van der Waals surface area contributed by atoms with Crippen LogP contribution in [0.4, 0.5) is 0 Å². The molecule has 0 aromatic carbocycles. The highest BCUT2D eigenvalue weighted by atomic mass is 32.2. The minimum absolute atomic E-state index is 0.267. The highest BCUT2D eigenvalue weighted by molar-refractivity contribution is 8.05. The van der Waals surface area contributed by atoms with Crippen LogP contribution in [0.25, 0.3) is 0 Å². The second-order valence-electron chi connectivity index (χ2n) is 3.53. The lowest BCUT2D eigenvalue weighted by molar-refractivity contribution is -0.445. The fourth-order valence-corrected chi connectivity index (χ4v) is 3.15. The van der Waals surface area contributed by atoms with E-state index in [2.05, 4.69) is 0 Å². The summed E-state index contributed by atoms with van der Waals surface area (Å²) in [5.74, 6) is 0. The van der Waals surface area contributed by atoms with Crippen LogP contribution in [0.3, 0.4) is 0 Å². The molecule has 1 aliphatic rings. The van der Waals surface area contributed by atoms with Gasteiger partial charge in [0, 0.05) is 4.92 Å². The number of thiophene rings is 1. The first-order valence-electron chi connectivity index (χ1n) is 5.51. The van der Waals surface area contributed by atoms with Crippen LogP contribution < -0.4 is 0 Å². The van der Waals surface area contributed by atoms with Crippen molar-refractivity contribution in [3.63, 3.8) is 0 Å². The Balaban J connectivity index is 0.000000444. The fraction of sp³-hybridized carbons (Fsp3) is 0.167. The van der Waals surface area contributed by atoms with Crippen LogP contribution in [0, 0.1) is 20.2 Å². The quantitative estimate of drug-likeness (QED) is 0.627. The molecule has 0 aliphatic heterocycles. The predicted octanol–water partition coefficient (Wildman–Crippen LogP) is 3.74. The van der Waals surface area contributed by atoms with Gasteiger partial charge >= 0.3 is 0 Å². The summed E-state index contributed by atoms with van der Waals surface area (Å²) in [6.07, 6.45) is 7.66. The van der Waals surface area contributed by atoms with Gasteiger partial charge in [0.25, 0.3) is 5.70 Å². The second kappa shape index (κ2) is 8.28. The fourth-order valence-electron chi connectivity index (χ4n) is 1.29. The second-order valence-corrected chi connectivity index (χ2v) is 5.82. The Kier molecular flexibility index (Phi) is 6.68. The van der Waals surface area contributed by atoms with Gasteiger partial charge in [-0.1, -0.05) is 36.1 Å². The first-order chi connectivity index (χ1) is 9.50. The van der Waals surface area contributed by atoms with E-state index in [9.17, 15) is 10.1 Å². The topological polar surface area (TPSA) is 86.3 Å². The molecule has 0 amide bonds. The first-order valence-corrected chi connectivity index (χ1v) is 7.20. The Morgan fingerprint density at radius 2 is 2.00 bits per heavy atom. The third kappa shape index (κ3) is 5.81. The van der Waals surface area contributed by atoms with E-state index in [-0.39, 0.29) is 10.6 Å². The Labute approximate surface area is 123 Å². The average molecular weight is 312 g/mol. The van der Waals surface area contributed by atoms with Crippen molar-refractivity contribution < 1.29 is 9.85 Å². The Hall–Kier alpha value is -1.93. The van der Waals surface area contributed by atoms with E-state index in [1.165, 1.54) is 11.8 Å². The first kappa shape index (κ1) is 16.1. The smallest absolute Gasteiger partial charge is 0.263 e. The normalized spacial score (nSPS) is 13.4. The van der Waals surface area contributed by atoms with Gasteiger partial charge in [0.1, 0.15) is 0 Å². The van der Waals surface area contributed by atoms with Crippen molar-refractivity contribution in [1.29, 1.82) is 0 Å². The molecule has 0 N–H and O–H groups in total. The van der Waals surface area contributed by atoms with E-state index in [1.807, 2.05) is 29.7 Å². The van der Waals surface area contributed by atoms with Crippen molar-refractivity contribution in [2.24, 2.45) is 0 Å². The minimum Gasteiger partial charge on any atom is -0.265 e. The summed E-state index contributed by atoms with van der Waals surface area (Å²) in [6, 6.07) is 3.91. The molecule has 8 heteroatoms. The lowest BCUT2D eigenvalue weighted by Gasteiger charge is -2.00. The van der Waals surface area contributed by atoms with Gasteiger partial charge in [0.2, 0.25) is 0 Å². The molecule has 0 atom stereocenters. The maximum atomic E-state index is 10.9. The molecule has 106 valence electrons. The van der Waals surface area contributed by atoms with E-state index < -0.39 is 4.92 Å². The van der Waals surface area contributed by atoms with Crippen molar-refractivity contribution in [2.75, 3.05) is 7.05 Å². The van der Waals surface area contributed by atoms with Gasteiger partial charge < -0.3 is 0 Å². The van der Waals surface area contributed by atoms with Gasteiger partial charge in [-0.15, -0.1) is 11.3 Å². The number of nitrogens with zero attached hydrogens (tertiary/aromatic N) is 2. The molecular weight excluding hydrogens is 300 g/mol. The molecule has 0 saturated carbocycles. The summed E-state index contributed by atoms with van der Waals surface area (Å²) in [6.45, 7) is 0. The Morgan fingerprint density at radius 3 is 2.55 bits per heavy atom. The van der Waals surface area contributed by atoms with Crippen molar-refractivity contribution in [2.45, 2.75) is 10.6 Å². The van der Waals surface area contributed by atoms with Crippen LogP contribution in [0.15, 0.2) is 56.6 Å². The van der Waals surface area contributed by atoms with Crippen LogP contribution in [0.2, 0.25) is 0 Å². The number of thioether (sulfide) groups is 1. The van der Waals surface area contributed by atoms with Gasteiger partial charge in [-0.25, -0.2) is 0 Å². The van der Waals surface area contributed by atoms with Crippen LogP contribution >= 0.6 is 23.1 Å². The molecule has 1 aromatic rings. The van der Waals surface area contributed by atoms with Gasteiger partial charge in [-0.05, 0) is 17.5 Å². The lowest BCUT2D eigenvalue weighted by atomic mass is 10.3. The molecule has 1 heterocycles. The van der Waals surface area contributed by atoms with Gasteiger partial charge in [-0.2, -0.15) is 0 Å². The summed E-state index contributed by atoms with van der Waals surface area (Å²) >= 11 is 3.04. The van der Waals surface area contributed by atoms with Crippen molar-refractivity contribution in [3.05, 3.63) is 72.6 Å². The molecule has 0 unspecified atom stereocenters. The Bertz CT molecular complexity index is 558. The van der Waals surface area contributed by atoms with Crippen molar-refractivity contribution >= 4 is 23.1 Å². The van der Waals surface area contributed by atoms with E-state index in [0.29, 0.717) is 6.42 Å². The van der Waals surface area contributed by atoms with Crippen LogP contribution in [0.1, 0.15) is 6.42 Å². The summed E-state index contributed by atoms with van der Waals surface area (Å²) < 4.78 is 1.07. The molecule has 1 aliphatic carbocycles. The van der Waals surface area contributed by atoms with Gasteiger partial charge in [0.15, 0.2) is 7.05 Å². The molecule has 0 fully saturated rings. The number of allylic oxidation sites excluding steroid dienone is 4. The molecule has 20 heavy (non-hydrogen) atoms. The van der Waals surface area contributed by atoms with Crippen molar-refractivity contribution in [3.8, 4) is 0 Å². The lowest BCUT2D eigenvalue weighted by Crippen LogP contribution is -1.99. The monoisotopic (exact) mass is 312 g/mol. The largest absolute Gasteiger partial charge is 0.265 e. The third-order valence-corrected chi connectivity index (χ3v) is 4.15. The predicted molar refractivity (Wildman–Crippen MR) is 80.0 cm³/mol. The summed E-state index contributed by atoms with van der Waals surface area (Å²) in [4.78, 5) is 19.6. The van der Waals surface area contributed by atoms with E-state index in [1.54, 1.807) is 23.5 Å². The summed E-state index contributed by atoms with van der Waals surface area (Å²) in [5, 5.41) is 21.7. The highest BCUT2D eigenvalue weighted by Gasteiger charge is 2.17. The molecule has 0 bridgehead atoms. The molecule has 1 aromatic heterocycles. The number of rotatable bonds is 3. The maximum Gasteiger partial charge on any atom is 0.263 e. The zero-order valence-electron chi connectivity index (χ0n) is 10.6. The third-order valence-electron chi connectivity index (χ3n) is 2.02. The minimum atomic E-state index is -0.500. The standard InChI is InChI=1S/C11H9NO2S2.CH3NO2/c13-12(14)9-5-2-1-3-6-10(9)16-11-7-4-8-15-11;1-2(3)4/h1-4,6-8H,5H2;1H3. The Morgan fingerprint density at radius 1 is 1.30 bits per heavy atom. The van der Waals surface area contributed by atoms with E-state index in [4.69, 9.17) is 10.1 Å². The number of nitro groups is 2. The molecule has 0 saturated heterocycles. The summed E-state index contributed by atoms with van der Waals surface area (Å²) in [5.41, 5.74) is 0.267. The molecular formula is C12H12N2O4S2. The van der Waals surface area contributed by atoms with Gasteiger partial charge in [0.05, 0.1) is 20.5 Å². The zero-order valence-corrected chi connectivity index (χ0v) is 12.2. The highest BCUT2D eigenvalue weighted by Crippen LogP contribution is 2.34.